The smallest absolute Gasteiger partial charge is 0.250 e. The second kappa shape index (κ2) is 7.54. The molecule has 4 aliphatic rings. The number of imide groups is 1. The highest BCUT2D eigenvalue weighted by Crippen LogP contribution is 2.53. The first-order chi connectivity index (χ1) is 16.8. The maximum atomic E-state index is 13.9. The third-order valence-corrected chi connectivity index (χ3v) is 7.48. The Balaban J connectivity index is 1.42. The van der Waals surface area contributed by atoms with Gasteiger partial charge >= 0.3 is 0 Å². The number of ether oxygens (including phenoxy) is 2. The third kappa shape index (κ3) is 2.99. The average Bonchev–Trinajstić information content (AvgIpc) is 3.55. The number of amides is 4. The van der Waals surface area contributed by atoms with Gasteiger partial charge in [-0.25, -0.2) is 0 Å². The van der Waals surface area contributed by atoms with Gasteiger partial charge in [-0.15, -0.1) is 0 Å². The Labute approximate surface area is 200 Å². The highest BCUT2D eigenvalue weighted by Gasteiger charge is 2.70. The van der Waals surface area contributed by atoms with Gasteiger partial charge < -0.3 is 20.5 Å². The number of hydrogen-bond acceptors (Lipinski definition) is 7. The topological polar surface area (TPSA) is 140 Å². The number of carbonyl (C=O) groups is 4. The molecule has 1 spiro atoms. The minimum Gasteiger partial charge on any atom is -0.454 e. The van der Waals surface area contributed by atoms with Crippen molar-refractivity contribution in [3.8, 4) is 11.5 Å². The van der Waals surface area contributed by atoms with Gasteiger partial charge in [0.05, 0.1) is 18.4 Å². The first-order valence-electron chi connectivity index (χ1n) is 11.6. The molecule has 180 valence electrons. The molecular formula is C25H24N4O6. The molecule has 2 aromatic carbocycles. The minimum absolute atomic E-state index is 0.0180. The summed E-state index contributed by atoms with van der Waals surface area (Å²) in [5.41, 5.74) is 6.93. The Morgan fingerprint density at radius 1 is 1.09 bits per heavy atom. The van der Waals surface area contributed by atoms with E-state index in [1.54, 1.807) is 18.2 Å². The highest BCUT2D eigenvalue weighted by molar-refractivity contribution is 6.15. The fourth-order valence-corrected chi connectivity index (χ4v) is 5.90. The quantitative estimate of drug-likeness (QED) is 0.542. The summed E-state index contributed by atoms with van der Waals surface area (Å²) in [7, 11) is 0. The molecule has 0 radical (unpaired) electrons. The van der Waals surface area contributed by atoms with E-state index in [1.807, 2.05) is 25.1 Å². The van der Waals surface area contributed by atoms with Crippen molar-refractivity contribution >= 4 is 29.3 Å². The number of anilines is 1. The van der Waals surface area contributed by atoms with E-state index >= 15 is 0 Å². The number of benzene rings is 2. The van der Waals surface area contributed by atoms with Crippen LogP contribution in [0.4, 0.5) is 5.69 Å². The SMILES string of the molecule is CCc1ccc2c(c1)C1(NC(CC(N)=O)C3C(=O)N(Cc4ccc5c(c4)OCO5)C(=O)C31)C(=O)N2. The molecule has 0 aliphatic carbocycles. The molecule has 2 aromatic rings. The average molecular weight is 476 g/mol. The fourth-order valence-electron chi connectivity index (χ4n) is 5.90. The van der Waals surface area contributed by atoms with Crippen LogP contribution in [0.2, 0.25) is 0 Å². The van der Waals surface area contributed by atoms with Crippen molar-refractivity contribution in [1.82, 2.24) is 10.2 Å². The van der Waals surface area contributed by atoms with E-state index in [4.69, 9.17) is 15.2 Å². The van der Waals surface area contributed by atoms with E-state index in [-0.39, 0.29) is 19.8 Å². The Morgan fingerprint density at radius 2 is 1.86 bits per heavy atom. The number of likely N-dealkylation sites (tertiary alicyclic amines) is 1. The number of nitrogens with zero attached hydrogens (tertiary/aromatic N) is 1. The maximum absolute atomic E-state index is 13.9. The predicted octanol–water partition coefficient (Wildman–Crippen LogP) is 0.774. The number of rotatable bonds is 5. The highest BCUT2D eigenvalue weighted by atomic mass is 16.7. The van der Waals surface area contributed by atoms with Gasteiger partial charge in [-0.05, 0) is 35.7 Å². The Kier molecular flexibility index (Phi) is 4.65. The first kappa shape index (κ1) is 21.6. The lowest BCUT2D eigenvalue weighted by Gasteiger charge is -2.29. The summed E-state index contributed by atoms with van der Waals surface area (Å²) >= 11 is 0. The van der Waals surface area contributed by atoms with E-state index in [0.717, 1.165) is 12.0 Å². The number of fused-ring (bicyclic) bond motifs is 5. The summed E-state index contributed by atoms with van der Waals surface area (Å²) in [4.78, 5) is 54.0. The molecule has 0 bridgehead atoms. The second-order valence-electron chi connectivity index (χ2n) is 9.37. The summed E-state index contributed by atoms with van der Waals surface area (Å²) in [5.74, 6) is -2.67. The normalized spacial score (nSPS) is 28.0. The summed E-state index contributed by atoms with van der Waals surface area (Å²) < 4.78 is 10.8. The van der Waals surface area contributed by atoms with Crippen LogP contribution in [0.5, 0.6) is 11.5 Å². The largest absolute Gasteiger partial charge is 0.454 e. The third-order valence-electron chi connectivity index (χ3n) is 7.48. The van der Waals surface area contributed by atoms with Gasteiger partial charge in [0.2, 0.25) is 30.4 Å². The fraction of sp³-hybridized carbons (Fsp3) is 0.360. The van der Waals surface area contributed by atoms with Crippen molar-refractivity contribution in [3.63, 3.8) is 0 Å². The summed E-state index contributed by atoms with van der Waals surface area (Å²) in [6, 6.07) is 10.1. The standard InChI is InChI=1S/C25H24N4O6/c1-2-12-3-5-15-14(7-12)25(24(33)27-15)21-20(16(28-25)9-19(26)30)22(31)29(23(21)32)10-13-4-6-17-18(8-13)35-11-34-17/h3-8,16,20-21,28H,2,9-11H2,1H3,(H2,26,30)(H,27,33). The van der Waals surface area contributed by atoms with Gasteiger partial charge in [0.1, 0.15) is 5.54 Å². The van der Waals surface area contributed by atoms with Gasteiger partial charge in [0, 0.05) is 23.7 Å². The zero-order chi connectivity index (χ0) is 24.5. The van der Waals surface area contributed by atoms with Gasteiger partial charge in [-0.1, -0.05) is 25.1 Å². The molecule has 10 heteroatoms. The summed E-state index contributed by atoms with van der Waals surface area (Å²) in [5, 5.41) is 6.08. The molecule has 35 heavy (non-hydrogen) atoms. The van der Waals surface area contributed by atoms with Crippen LogP contribution >= 0.6 is 0 Å². The predicted molar refractivity (Wildman–Crippen MR) is 122 cm³/mol. The molecule has 4 N–H and O–H groups in total. The summed E-state index contributed by atoms with van der Waals surface area (Å²) in [6.07, 6.45) is 0.565. The zero-order valence-electron chi connectivity index (χ0n) is 19.0. The molecule has 4 atom stereocenters. The van der Waals surface area contributed by atoms with Crippen LogP contribution in [-0.4, -0.2) is 41.4 Å². The van der Waals surface area contributed by atoms with Crippen LogP contribution in [0, 0.1) is 11.8 Å². The molecule has 2 saturated heterocycles. The van der Waals surface area contributed by atoms with Crippen LogP contribution in [0.25, 0.3) is 0 Å². The van der Waals surface area contributed by atoms with Crippen LogP contribution in [0.15, 0.2) is 36.4 Å². The molecule has 0 aromatic heterocycles. The number of primary amides is 1. The number of nitrogens with two attached hydrogens (primary N) is 1. The van der Waals surface area contributed by atoms with Crippen molar-refractivity contribution in [1.29, 1.82) is 0 Å². The van der Waals surface area contributed by atoms with E-state index in [9.17, 15) is 19.2 Å². The lowest BCUT2D eigenvalue weighted by Crippen LogP contribution is -2.53. The lowest BCUT2D eigenvalue weighted by molar-refractivity contribution is -0.143. The van der Waals surface area contributed by atoms with Crippen molar-refractivity contribution < 1.29 is 28.7 Å². The van der Waals surface area contributed by atoms with Gasteiger partial charge in [0.15, 0.2) is 11.5 Å². The molecule has 0 saturated carbocycles. The Morgan fingerprint density at radius 3 is 2.63 bits per heavy atom. The second-order valence-corrected chi connectivity index (χ2v) is 9.37. The molecule has 10 nitrogen and oxygen atoms in total. The maximum Gasteiger partial charge on any atom is 0.250 e. The first-order valence-corrected chi connectivity index (χ1v) is 11.6. The molecule has 4 aliphatic heterocycles. The molecule has 4 unspecified atom stereocenters. The Hall–Kier alpha value is -3.92. The van der Waals surface area contributed by atoms with Crippen LogP contribution in [0.3, 0.4) is 0 Å². The molecule has 6 rings (SSSR count). The number of hydrogen-bond donors (Lipinski definition) is 3. The number of carbonyl (C=O) groups excluding carboxylic acids is 4. The van der Waals surface area contributed by atoms with E-state index < -0.39 is 47.0 Å². The lowest BCUT2D eigenvalue weighted by atomic mass is 9.76. The monoisotopic (exact) mass is 476 g/mol. The molecule has 4 amide bonds. The van der Waals surface area contributed by atoms with Crippen molar-refractivity contribution in [2.75, 3.05) is 12.1 Å². The van der Waals surface area contributed by atoms with E-state index in [0.29, 0.717) is 28.3 Å². The number of aryl methyl sites for hydroxylation is 1. The van der Waals surface area contributed by atoms with Crippen molar-refractivity contribution in [2.24, 2.45) is 17.6 Å². The molecule has 4 heterocycles. The van der Waals surface area contributed by atoms with Gasteiger partial charge in [0.25, 0.3) is 0 Å². The van der Waals surface area contributed by atoms with E-state index in [2.05, 4.69) is 10.6 Å². The van der Waals surface area contributed by atoms with Gasteiger partial charge in [-0.3, -0.25) is 29.4 Å². The zero-order valence-corrected chi connectivity index (χ0v) is 19.0. The minimum atomic E-state index is -1.46. The van der Waals surface area contributed by atoms with Crippen LogP contribution < -0.4 is 25.8 Å². The van der Waals surface area contributed by atoms with E-state index in [1.165, 1.54) is 4.90 Å². The van der Waals surface area contributed by atoms with Crippen molar-refractivity contribution in [3.05, 3.63) is 53.1 Å². The molecule has 2 fully saturated rings. The Bertz CT molecular complexity index is 1310. The van der Waals surface area contributed by atoms with Crippen LogP contribution in [0.1, 0.15) is 30.0 Å². The summed E-state index contributed by atoms with van der Waals surface area (Å²) in [6.45, 7) is 2.13. The van der Waals surface area contributed by atoms with Gasteiger partial charge in [-0.2, -0.15) is 0 Å². The van der Waals surface area contributed by atoms with Crippen molar-refractivity contribution in [2.45, 2.75) is 37.9 Å². The molecular weight excluding hydrogens is 452 g/mol. The van der Waals surface area contributed by atoms with Crippen LogP contribution in [-0.2, 0) is 37.7 Å². The number of nitrogens with one attached hydrogen (secondary N) is 2.